The smallest absolute Gasteiger partial charge is 0.253 e. The van der Waals surface area contributed by atoms with E-state index in [1.54, 1.807) is 13.0 Å². The number of carbonyl (C=O) groups excluding carboxylic acids is 1. The van der Waals surface area contributed by atoms with Crippen LogP contribution in [-0.4, -0.2) is 36.6 Å². The van der Waals surface area contributed by atoms with Crippen molar-refractivity contribution in [3.05, 3.63) is 42.5 Å². The Kier molecular flexibility index (Phi) is 8.48. The molecular formula is C18H28N2O2. The van der Waals surface area contributed by atoms with Gasteiger partial charge in [0, 0.05) is 12.2 Å². The topological polar surface area (TPSA) is 41.6 Å². The molecule has 1 rings (SSSR count). The van der Waals surface area contributed by atoms with Crippen LogP contribution in [0.2, 0.25) is 0 Å². The number of para-hydroxylation sites is 1. The van der Waals surface area contributed by atoms with E-state index >= 15 is 0 Å². The first-order valence-electron chi connectivity index (χ1n) is 7.95. The van der Waals surface area contributed by atoms with Gasteiger partial charge in [-0.15, -0.1) is 6.58 Å². The summed E-state index contributed by atoms with van der Waals surface area (Å²) in [4.78, 5) is 14.5. The molecule has 0 fully saturated rings. The Hall–Kier alpha value is -1.65. The average Bonchev–Trinajstić information content (AvgIpc) is 2.54. The second kappa shape index (κ2) is 10.1. The van der Waals surface area contributed by atoms with E-state index in [4.69, 9.17) is 4.74 Å². The molecule has 1 atom stereocenters. The number of hydrogen-bond donors (Lipinski definition) is 1. The van der Waals surface area contributed by atoms with Gasteiger partial charge in [-0.2, -0.15) is 0 Å². The molecule has 0 heterocycles. The average molecular weight is 304 g/mol. The lowest BCUT2D eigenvalue weighted by molar-refractivity contribution is -0.126. The van der Waals surface area contributed by atoms with E-state index in [9.17, 15) is 4.79 Å². The predicted molar refractivity (Wildman–Crippen MR) is 91.9 cm³/mol. The molecule has 0 aliphatic carbocycles. The summed E-state index contributed by atoms with van der Waals surface area (Å²) in [7, 11) is 0. The summed E-state index contributed by atoms with van der Waals surface area (Å²) in [6.45, 7) is 13.0. The van der Waals surface area contributed by atoms with Gasteiger partial charge in [-0.1, -0.05) is 38.1 Å². The number of hydrogen-bond acceptors (Lipinski definition) is 3. The number of anilines is 1. The van der Waals surface area contributed by atoms with Gasteiger partial charge in [0.2, 0.25) is 0 Å². The first-order valence-corrected chi connectivity index (χ1v) is 7.95. The van der Waals surface area contributed by atoms with E-state index < -0.39 is 6.10 Å². The molecule has 0 spiro atoms. The van der Waals surface area contributed by atoms with Gasteiger partial charge in [0.05, 0.1) is 6.61 Å². The minimum atomic E-state index is -0.471. The largest absolute Gasteiger partial charge is 0.368 e. The number of amides is 1. The second-order valence-electron chi connectivity index (χ2n) is 5.20. The fourth-order valence-electron chi connectivity index (χ4n) is 2.11. The molecular weight excluding hydrogens is 276 g/mol. The fraction of sp³-hybridized carbons (Fsp3) is 0.500. The standard InChI is InChI=1S/C18H28N2O2/c1-5-8-13-22-15(4)18(21)19-17-12-10-9-11-16(17)14-20(6-2)7-3/h5,9-12,15H,1,6-8,13-14H2,2-4H3,(H,19,21). The minimum absolute atomic E-state index is 0.115. The van der Waals surface area contributed by atoms with Crippen molar-refractivity contribution in [2.75, 3.05) is 25.0 Å². The molecule has 4 heteroatoms. The normalized spacial score (nSPS) is 12.2. The summed E-state index contributed by atoms with van der Waals surface area (Å²) in [5.74, 6) is -0.115. The van der Waals surface area contributed by atoms with Crippen molar-refractivity contribution >= 4 is 11.6 Å². The van der Waals surface area contributed by atoms with Crippen molar-refractivity contribution in [2.24, 2.45) is 0 Å². The lowest BCUT2D eigenvalue weighted by Crippen LogP contribution is -2.29. The molecule has 1 aromatic rings. The Morgan fingerprint density at radius 1 is 1.36 bits per heavy atom. The SMILES string of the molecule is C=CCCOC(C)C(=O)Nc1ccccc1CN(CC)CC. The Balaban J connectivity index is 2.68. The number of nitrogens with one attached hydrogen (secondary N) is 1. The first kappa shape index (κ1) is 18.4. The van der Waals surface area contributed by atoms with Crippen molar-refractivity contribution < 1.29 is 9.53 Å². The summed E-state index contributed by atoms with van der Waals surface area (Å²) in [5, 5.41) is 2.97. The lowest BCUT2D eigenvalue weighted by atomic mass is 10.1. The third kappa shape index (κ3) is 6.00. The van der Waals surface area contributed by atoms with Crippen LogP contribution in [0.25, 0.3) is 0 Å². The lowest BCUT2D eigenvalue weighted by Gasteiger charge is -2.21. The Bertz CT molecular complexity index is 470. The fourth-order valence-corrected chi connectivity index (χ4v) is 2.11. The van der Waals surface area contributed by atoms with Gasteiger partial charge in [0.25, 0.3) is 5.91 Å². The number of ether oxygens (including phenoxy) is 1. The Morgan fingerprint density at radius 3 is 2.68 bits per heavy atom. The van der Waals surface area contributed by atoms with Crippen LogP contribution in [-0.2, 0) is 16.1 Å². The molecule has 0 aliphatic heterocycles. The second-order valence-corrected chi connectivity index (χ2v) is 5.20. The number of rotatable bonds is 10. The summed E-state index contributed by atoms with van der Waals surface area (Å²) < 4.78 is 5.49. The van der Waals surface area contributed by atoms with Gasteiger partial charge in [-0.05, 0) is 38.1 Å². The first-order chi connectivity index (χ1) is 10.6. The molecule has 0 bridgehead atoms. The van der Waals surface area contributed by atoms with E-state index in [1.165, 1.54) is 0 Å². The molecule has 1 amide bonds. The van der Waals surface area contributed by atoms with Crippen LogP contribution in [0.4, 0.5) is 5.69 Å². The molecule has 0 radical (unpaired) electrons. The summed E-state index contributed by atoms with van der Waals surface area (Å²) in [6, 6.07) is 7.92. The van der Waals surface area contributed by atoms with Crippen molar-refractivity contribution in [1.82, 2.24) is 4.90 Å². The molecule has 1 aromatic carbocycles. The van der Waals surface area contributed by atoms with E-state index in [0.717, 1.165) is 37.3 Å². The zero-order chi connectivity index (χ0) is 16.4. The van der Waals surface area contributed by atoms with Crippen molar-refractivity contribution in [3.63, 3.8) is 0 Å². The summed E-state index contributed by atoms with van der Waals surface area (Å²) in [5.41, 5.74) is 1.98. The van der Waals surface area contributed by atoms with Crippen molar-refractivity contribution in [2.45, 2.75) is 39.8 Å². The van der Waals surface area contributed by atoms with Crippen LogP contribution < -0.4 is 5.32 Å². The quantitative estimate of drug-likeness (QED) is 0.532. The van der Waals surface area contributed by atoms with Crippen LogP contribution in [0.1, 0.15) is 32.8 Å². The highest BCUT2D eigenvalue weighted by Crippen LogP contribution is 2.17. The van der Waals surface area contributed by atoms with Gasteiger partial charge in [0.1, 0.15) is 6.10 Å². The molecule has 0 aliphatic rings. The van der Waals surface area contributed by atoms with Crippen molar-refractivity contribution in [1.29, 1.82) is 0 Å². The van der Waals surface area contributed by atoms with Gasteiger partial charge >= 0.3 is 0 Å². The Labute approximate surface area is 134 Å². The van der Waals surface area contributed by atoms with Crippen LogP contribution >= 0.6 is 0 Å². The van der Waals surface area contributed by atoms with E-state index in [2.05, 4.69) is 36.7 Å². The van der Waals surface area contributed by atoms with Gasteiger partial charge in [-0.3, -0.25) is 9.69 Å². The van der Waals surface area contributed by atoms with Crippen LogP contribution in [0.3, 0.4) is 0 Å². The highest BCUT2D eigenvalue weighted by molar-refractivity contribution is 5.94. The molecule has 1 N–H and O–H groups in total. The van der Waals surface area contributed by atoms with Crippen molar-refractivity contribution in [3.8, 4) is 0 Å². The molecule has 0 saturated heterocycles. The maximum atomic E-state index is 12.2. The summed E-state index contributed by atoms with van der Waals surface area (Å²) >= 11 is 0. The number of benzene rings is 1. The molecule has 0 aromatic heterocycles. The van der Waals surface area contributed by atoms with Crippen LogP contribution in [0.15, 0.2) is 36.9 Å². The minimum Gasteiger partial charge on any atom is -0.368 e. The van der Waals surface area contributed by atoms with Crippen LogP contribution in [0.5, 0.6) is 0 Å². The third-order valence-corrected chi connectivity index (χ3v) is 3.62. The molecule has 4 nitrogen and oxygen atoms in total. The zero-order valence-corrected chi connectivity index (χ0v) is 14.0. The highest BCUT2D eigenvalue weighted by atomic mass is 16.5. The maximum absolute atomic E-state index is 12.2. The van der Waals surface area contributed by atoms with Gasteiger partial charge in [-0.25, -0.2) is 0 Å². The van der Waals surface area contributed by atoms with E-state index in [1.807, 2.05) is 18.2 Å². The predicted octanol–water partition coefficient (Wildman–Crippen LogP) is 3.45. The monoisotopic (exact) mass is 304 g/mol. The Morgan fingerprint density at radius 2 is 2.05 bits per heavy atom. The van der Waals surface area contributed by atoms with Gasteiger partial charge < -0.3 is 10.1 Å². The summed E-state index contributed by atoms with van der Waals surface area (Å²) in [6.07, 6.45) is 2.06. The molecule has 0 saturated carbocycles. The molecule has 1 unspecified atom stereocenters. The number of carbonyl (C=O) groups is 1. The third-order valence-electron chi connectivity index (χ3n) is 3.62. The highest BCUT2D eigenvalue weighted by Gasteiger charge is 2.15. The maximum Gasteiger partial charge on any atom is 0.253 e. The zero-order valence-electron chi connectivity index (χ0n) is 14.0. The molecule has 22 heavy (non-hydrogen) atoms. The van der Waals surface area contributed by atoms with E-state index in [0.29, 0.717) is 6.61 Å². The number of nitrogens with zero attached hydrogens (tertiary/aromatic N) is 1. The van der Waals surface area contributed by atoms with Gasteiger partial charge in [0.15, 0.2) is 0 Å². The van der Waals surface area contributed by atoms with E-state index in [-0.39, 0.29) is 5.91 Å². The van der Waals surface area contributed by atoms with Crippen LogP contribution in [0, 0.1) is 0 Å². The molecule has 122 valence electrons.